The third kappa shape index (κ3) is 3.06. The van der Waals surface area contributed by atoms with Crippen molar-refractivity contribution in [1.29, 1.82) is 0 Å². The fourth-order valence-electron chi connectivity index (χ4n) is 2.85. The van der Waals surface area contributed by atoms with Crippen LogP contribution in [0.3, 0.4) is 0 Å². The van der Waals surface area contributed by atoms with Crippen LogP contribution in [0.1, 0.15) is 5.56 Å². The Balaban J connectivity index is 1.71. The molecule has 0 fully saturated rings. The fraction of sp³-hybridized carbons (Fsp3) is 0.158. The molecule has 0 spiro atoms. The van der Waals surface area contributed by atoms with Gasteiger partial charge in [0.1, 0.15) is 5.82 Å². The van der Waals surface area contributed by atoms with Gasteiger partial charge in [0, 0.05) is 56.3 Å². The van der Waals surface area contributed by atoms with E-state index in [9.17, 15) is 0 Å². The molecule has 1 N–H and O–H groups in total. The Morgan fingerprint density at radius 2 is 1.85 bits per heavy atom. The van der Waals surface area contributed by atoms with Crippen LogP contribution in [0, 0.1) is 0 Å². The van der Waals surface area contributed by atoms with Crippen molar-refractivity contribution in [2.24, 2.45) is 0 Å². The maximum Gasteiger partial charge on any atom is 0.222 e. The Hall–Kier alpha value is -3.48. The van der Waals surface area contributed by atoms with E-state index in [-0.39, 0.29) is 0 Å². The molecule has 0 saturated carbocycles. The summed E-state index contributed by atoms with van der Waals surface area (Å²) in [6, 6.07) is 14.1. The minimum absolute atomic E-state index is 0.612. The van der Waals surface area contributed by atoms with Crippen molar-refractivity contribution in [3.8, 4) is 11.3 Å². The second-order valence-electron chi connectivity index (χ2n) is 5.99. The molecule has 3 aromatic heterocycles. The van der Waals surface area contributed by atoms with Crippen LogP contribution in [-0.2, 0) is 6.54 Å². The fourth-order valence-corrected chi connectivity index (χ4v) is 2.85. The molecule has 4 aromatic rings. The van der Waals surface area contributed by atoms with Gasteiger partial charge in [-0.05, 0) is 0 Å². The van der Waals surface area contributed by atoms with Crippen molar-refractivity contribution < 1.29 is 0 Å². The highest BCUT2D eigenvalue weighted by atomic mass is 15.3. The average molecular weight is 345 g/mol. The summed E-state index contributed by atoms with van der Waals surface area (Å²) < 4.78 is 1.84. The number of rotatable bonds is 5. The highest BCUT2D eigenvalue weighted by Gasteiger charge is 2.12. The van der Waals surface area contributed by atoms with Crippen LogP contribution in [-0.4, -0.2) is 38.7 Å². The molecule has 4 rings (SSSR count). The lowest BCUT2D eigenvalue weighted by Gasteiger charge is -2.20. The normalized spacial score (nSPS) is 10.8. The van der Waals surface area contributed by atoms with Gasteiger partial charge in [0.25, 0.3) is 0 Å². The van der Waals surface area contributed by atoms with Crippen molar-refractivity contribution in [2.75, 3.05) is 24.3 Å². The Kier molecular flexibility index (Phi) is 4.18. The van der Waals surface area contributed by atoms with Gasteiger partial charge in [-0.1, -0.05) is 30.3 Å². The molecule has 0 aliphatic heterocycles. The van der Waals surface area contributed by atoms with Crippen LogP contribution in [0.2, 0.25) is 0 Å². The quantitative estimate of drug-likeness (QED) is 0.600. The van der Waals surface area contributed by atoms with Gasteiger partial charge in [-0.25, -0.2) is 15.0 Å². The topological polar surface area (TPSA) is 71.2 Å². The largest absolute Gasteiger partial charge is 0.357 e. The molecule has 1 aromatic carbocycles. The van der Waals surface area contributed by atoms with Gasteiger partial charge in [-0.3, -0.25) is 0 Å². The predicted octanol–water partition coefficient (Wildman–Crippen LogP) is 2.86. The molecule has 0 bridgehead atoms. The van der Waals surface area contributed by atoms with E-state index in [2.05, 4.69) is 43.5 Å². The average Bonchev–Trinajstić information content (AvgIpc) is 3.17. The molecule has 0 radical (unpaired) electrons. The lowest BCUT2D eigenvalue weighted by Crippen LogP contribution is -2.20. The van der Waals surface area contributed by atoms with Gasteiger partial charge in [0.05, 0.1) is 11.9 Å². The molecule has 0 amide bonds. The predicted molar refractivity (Wildman–Crippen MR) is 102 cm³/mol. The van der Waals surface area contributed by atoms with E-state index in [1.807, 2.05) is 48.2 Å². The minimum atomic E-state index is 0.612. The Morgan fingerprint density at radius 3 is 2.58 bits per heavy atom. The number of fused-ring (bicyclic) bond motifs is 1. The van der Waals surface area contributed by atoms with Crippen LogP contribution in [0.25, 0.3) is 16.9 Å². The lowest BCUT2D eigenvalue weighted by atomic mass is 10.1. The van der Waals surface area contributed by atoms with E-state index < -0.39 is 0 Å². The molecule has 0 atom stereocenters. The summed E-state index contributed by atoms with van der Waals surface area (Å²) in [4.78, 5) is 15.4. The number of aromatic nitrogens is 5. The summed E-state index contributed by atoms with van der Waals surface area (Å²) >= 11 is 0. The number of benzene rings is 1. The second-order valence-corrected chi connectivity index (χ2v) is 5.99. The monoisotopic (exact) mass is 345 g/mol. The summed E-state index contributed by atoms with van der Waals surface area (Å²) in [5.41, 5.74) is 3.83. The first-order chi connectivity index (χ1) is 12.7. The van der Waals surface area contributed by atoms with Crippen molar-refractivity contribution in [2.45, 2.75) is 6.54 Å². The van der Waals surface area contributed by atoms with Gasteiger partial charge < -0.3 is 10.2 Å². The first-order valence-electron chi connectivity index (χ1n) is 8.34. The van der Waals surface area contributed by atoms with E-state index in [0.717, 1.165) is 28.3 Å². The van der Waals surface area contributed by atoms with Crippen molar-refractivity contribution in [3.05, 3.63) is 66.6 Å². The smallest absolute Gasteiger partial charge is 0.222 e. The summed E-state index contributed by atoms with van der Waals surface area (Å²) in [5, 5.41) is 7.34. The van der Waals surface area contributed by atoms with Gasteiger partial charge in [-0.2, -0.15) is 9.61 Å². The molecule has 26 heavy (non-hydrogen) atoms. The molecule has 3 heterocycles. The van der Waals surface area contributed by atoms with Gasteiger partial charge in [-0.15, -0.1) is 0 Å². The number of nitrogens with one attached hydrogen (secondary N) is 1. The van der Waals surface area contributed by atoms with Crippen molar-refractivity contribution in [3.63, 3.8) is 0 Å². The number of hydrogen-bond acceptors (Lipinski definition) is 6. The first kappa shape index (κ1) is 16.0. The number of nitrogens with zero attached hydrogens (tertiary/aromatic N) is 6. The summed E-state index contributed by atoms with van der Waals surface area (Å²) in [6.07, 6.45) is 5.42. The Bertz CT molecular complexity index is 1010. The standard InChI is InChI=1S/C19H19N7/c1-20-19-21-11-14(12-22-19)13-25(2)18-10-16(15-6-4-3-5-7-15)24-17-8-9-23-26(17)18/h3-12H,13H2,1-2H3,(H,20,21,22). The van der Waals surface area contributed by atoms with Crippen LogP contribution in [0.15, 0.2) is 61.1 Å². The Morgan fingerprint density at radius 1 is 1.08 bits per heavy atom. The molecule has 130 valence electrons. The zero-order chi connectivity index (χ0) is 17.9. The van der Waals surface area contributed by atoms with Crippen LogP contribution >= 0.6 is 0 Å². The summed E-state index contributed by atoms with van der Waals surface area (Å²) in [5.74, 6) is 1.57. The van der Waals surface area contributed by atoms with E-state index in [1.165, 1.54) is 0 Å². The molecule has 0 aliphatic carbocycles. The summed E-state index contributed by atoms with van der Waals surface area (Å²) in [7, 11) is 3.83. The van der Waals surface area contributed by atoms with Gasteiger partial charge in [0.15, 0.2) is 5.65 Å². The van der Waals surface area contributed by atoms with E-state index in [4.69, 9.17) is 4.98 Å². The minimum Gasteiger partial charge on any atom is -0.357 e. The molecule has 7 nitrogen and oxygen atoms in total. The van der Waals surface area contributed by atoms with Crippen LogP contribution < -0.4 is 10.2 Å². The van der Waals surface area contributed by atoms with Crippen molar-refractivity contribution >= 4 is 17.4 Å². The van der Waals surface area contributed by atoms with E-state index >= 15 is 0 Å². The first-order valence-corrected chi connectivity index (χ1v) is 8.34. The lowest BCUT2D eigenvalue weighted by molar-refractivity contribution is 0.826. The number of hydrogen-bond donors (Lipinski definition) is 1. The zero-order valence-corrected chi connectivity index (χ0v) is 14.7. The maximum atomic E-state index is 4.72. The Labute approximate surface area is 151 Å². The van der Waals surface area contributed by atoms with E-state index in [0.29, 0.717) is 12.5 Å². The SMILES string of the molecule is CNc1ncc(CN(C)c2cc(-c3ccccc3)nc3ccnn23)cn1. The molecule has 7 heteroatoms. The molecular formula is C19H19N7. The van der Waals surface area contributed by atoms with Gasteiger partial charge in [0.2, 0.25) is 5.95 Å². The van der Waals surface area contributed by atoms with Gasteiger partial charge >= 0.3 is 0 Å². The maximum absolute atomic E-state index is 4.72. The second kappa shape index (κ2) is 6.79. The third-order valence-electron chi connectivity index (χ3n) is 4.15. The third-order valence-corrected chi connectivity index (χ3v) is 4.15. The highest BCUT2D eigenvalue weighted by molar-refractivity contribution is 5.66. The number of anilines is 2. The van der Waals surface area contributed by atoms with E-state index in [1.54, 1.807) is 13.2 Å². The zero-order valence-electron chi connectivity index (χ0n) is 14.7. The van der Waals surface area contributed by atoms with Crippen LogP contribution in [0.4, 0.5) is 11.8 Å². The van der Waals surface area contributed by atoms with Crippen molar-refractivity contribution in [1.82, 2.24) is 24.6 Å². The highest BCUT2D eigenvalue weighted by Crippen LogP contribution is 2.24. The molecular weight excluding hydrogens is 326 g/mol. The van der Waals surface area contributed by atoms with Crippen LogP contribution in [0.5, 0.6) is 0 Å². The molecule has 0 unspecified atom stereocenters. The molecule has 0 aliphatic rings. The summed E-state index contributed by atoms with van der Waals surface area (Å²) in [6.45, 7) is 0.664. The molecule has 0 saturated heterocycles.